The molecule has 2 N–H and O–H groups in total. The molecule has 0 saturated carbocycles. The fraction of sp³-hybridized carbons (Fsp3) is 0.500. The van der Waals surface area contributed by atoms with Gasteiger partial charge in [0.15, 0.2) is 0 Å². The molecular formula is C16H22ClN3O. The zero-order valence-electron chi connectivity index (χ0n) is 12.9. The second-order valence-electron chi connectivity index (χ2n) is 5.67. The molecule has 0 bridgehead atoms. The number of nitriles is 1. The van der Waals surface area contributed by atoms with Gasteiger partial charge in [0, 0.05) is 11.1 Å². The lowest BCUT2D eigenvalue weighted by molar-refractivity contribution is -0.122. The Kier molecular flexibility index (Phi) is 6.19. The molecule has 1 rings (SSSR count). The van der Waals surface area contributed by atoms with Gasteiger partial charge in [-0.3, -0.25) is 4.79 Å². The van der Waals surface area contributed by atoms with Gasteiger partial charge in [0.1, 0.15) is 5.54 Å². The maximum Gasteiger partial charge on any atom is 0.235 e. The summed E-state index contributed by atoms with van der Waals surface area (Å²) in [5.41, 5.74) is 0.210. The van der Waals surface area contributed by atoms with Crippen LogP contribution in [0.15, 0.2) is 24.3 Å². The lowest BCUT2D eigenvalue weighted by Crippen LogP contribution is -2.51. The van der Waals surface area contributed by atoms with E-state index < -0.39 is 5.54 Å². The van der Waals surface area contributed by atoms with Crippen molar-refractivity contribution < 1.29 is 4.79 Å². The van der Waals surface area contributed by atoms with E-state index in [0.717, 1.165) is 5.56 Å². The highest BCUT2D eigenvalue weighted by molar-refractivity contribution is 6.30. The average molecular weight is 308 g/mol. The van der Waals surface area contributed by atoms with Gasteiger partial charge in [-0.05, 0) is 37.5 Å². The van der Waals surface area contributed by atoms with Crippen molar-refractivity contribution in [2.75, 3.05) is 6.54 Å². The molecule has 0 aliphatic heterocycles. The second kappa shape index (κ2) is 7.44. The SMILES string of the molecule is CC(C)[C@](C)(C#N)NC(=O)CN[C@H](C)c1ccc(Cl)cc1. The Labute approximate surface area is 131 Å². The minimum absolute atomic E-state index is 0.0282. The number of nitrogens with one attached hydrogen (secondary N) is 2. The maximum absolute atomic E-state index is 12.0. The highest BCUT2D eigenvalue weighted by Gasteiger charge is 2.29. The summed E-state index contributed by atoms with van der Waals surface area (Å²) in [5.74, 6) is -0.145. The Balaban J connectivity index is 2.53. The number of rotatable bonds is 6. The zero-order chi connectivity index (χ0) is 16.0. The minimum atomic E-state index is -0.845. The van der Waals surface area contributed by atoms with Crippen molar-refractivity contribution >= 4 is 17.5 Å². The van der Waals surface area contributed by atoms with Crippen molar-refractivity contribution in [3.05, 3.63) is 34.9 Å². The summed E-state index contributed by atoms with van der Waals surface area (Å²) in [7, 11) is 0. The molecule has 0 aliphatic rings. The molecule has 0 fully saturated rings. The Morgan fingerprint density at radius 3 is 2.38 bits per heavy atom. The molecule has 1 amide bonds. The molecule has 0 spiro atoms. The molecule has 1 aromatic rings. The van der Waals surface area contributed by atoms with Crippen LogP contribution in [0.5, 0.6) is 0 Å². The summed E-state index contributed by atoms with van der Waals surface area (Å²) < 4.78 is 0. The summed E-state index contributed by atoms with van der Waals surface area (Å²) in [6, 6.07) is 9.67. The van der Waals surface area contributed by atoms with E-state index in [2.05, 4.69) is 16.7 Å². The van der Waals surface area contributed by atoms with Crippen LogP contribution in [-0.4, -0.2) is 18.0 Å². The van der Waals surface area contributed by atoms with Crippen LogP contribution in [0.4, 0.5) is 0 Å². The van der Waals surface area contributed by atoms with E-state index in [1.807, 2.05) is 45.0 Å². The minimum Gasteiger partial charge on any atom is -0.337 e. The lowest BCUT2D eigenvalue weighted by atomic mass is 9.90. The highest BCUT2D eigenvalue weighted by Crippen LogP contribution is 2.16. The first-order chi connectivity index (χ1) is 9.78. The van der Waals surface area contributed by atoms with Crippen LogP contribution in [0.2, 0.25) is 5.02 Å². The quantitative estimate of drug-likeness (QED) is 0.849. The normalized spacial score (nSPS) is 15.1. The van der Waals surface area contributed by atoms with Crippen LogP contribution in [0, 0.1) is 17.2 Å². The van der Waals surface area contributed by atoms with E-state index in [9.17, 15) is 10.1 Å². The van der Waals surface area contributed by atoms with E-state index in [-0.39, 0.29) is 24.4 Å². The maximum atomic E-state index is 12.0. The zero-order valence-corrected chi connectivity index (χ0v) is 13.7. The summed E-state index contributed by atoms with van der Waals surface area (Å²) in [6.45, 7) is 7.69. The first-order valence-electron chi connectivity index (χ1n) is 6.99. The van der Waals surface area contributed by atoms with Crippen molar-refractivity contribution in [2.45, 2.75) is 39.3 Å². The van der Waals surface area contributed by atoms with Crippen molar-refractivity contribution in [1.82, 2.24) is 10.6 Å². The summed E-state index contributed by atoms with van der Waals surface area (Å²) in [6.07, 6.45) is 0. The fourth-order valence-corrected chi connectivity index (χ4v) is 1.88. The standard InChI is InChI=1S/C16H22ClN3O/c1-11(2)16(4,10-18)20-15(21)9-19-12(3)13-5-7-14(17)8-6-13/h5-8,11-12,19H,9H2,1-4H3,(H,20,21)/t12-,16+/m1/s1. The molecule has 0 saturated heterocycles. The third kappa shape index (κ3) is 5.04. The highest BCUT2D eigenvalue weighted by atomic mass is 35.5. The number of carbonyl (C=O) groups is 1. The third-order valence-corrected chi connectivity index (χ3v) is 3.98. The summed E-state index contributed by atoms with van der Waals surface area (Å²) in [4.78, 5) is 12.0. The van der Waals surface area contributed by atoms with Gasteiger partial charge in [0.05, 0.1) is 12.6 Å². The molecule has 0 radical (unpaired) electrons. The van der Waals surface area contributed by atoms with Crippen molar-refractivity contribution in [1.29, 1.82) is 5.26 Å². The Hall–Kier alpha value is -1.57. The van der Waals surface area contributed by atoms with E-state index in [1.165, 1.54) is 0 Å². The number of amides is 1. The van der Waals surface area contributed by atoms with Gasteiger partial charge in [0.25, 0.3) is 0 Å². The van der Waals surface area contributed by atoms with Gasteiger partial charge in [-0.25, -0.2) is 0 Å². The molecule has 2 atom stereocenters. The number of hydrogen-bond acceptors (Lipinski definition) is 3. The van der Waals surface area contributed by atoms with E-state index in [1.54, 1.807) is 6.92 Å². The first-order valence-corrected chi connectivity index (χ1v) is 7.37. The van der Waals surface area contributed by atoms with Crippen LogP contribution >= 0.6 is 11.6 Å². The topological polar surface area (TPSA) is 64.9 Å². The number of halogens is 1. The van der Waals surface area contributed by atoms with Crippen molar-refractivity contribution in [2.24, 2.45) is 5.92 Å². The summed E-state index contributed by atoms with van der Waals surface area (Å²) >= 11 is 5.85. The first kappa shape index (κ1) is 17.5. The van der Waals surface area contributed by atoms with Crippen LogP contribution in [-0.2, 0) is 4.79 Å². The predicted molar refractivity (Wildman–Crippen MR) is 84.9 cm³/mol. The van der Waals surface area contributed by atoms with Gasteiger partial charge in [0.2, 0.25) is 5.91 Å². The molecule has 0 unspecified atom stereocenters. The number of nitrogens with zero attached hydrogens (tertiary/aromatic N) is 1. The van der Waals surface area contributed by atoms with Crippen molar-refractivity contribution in [3.63, 3.8) is 0 Å². The predicted octanol–water partition coefficient (Wildman–Crippen LogP) is 3.05. The van der Waals surface area contributed by atoms with Gasteiger partial charge in [-0.15, -0.1) is 0 Å². The lowest BCUT2D eigenvalue weighted by Gasteiger charge is -2.27. The molecule has 1 aromatic carbocycles. The third-order valence-electron chi connectivity index (χ3n) is 3.72. The van der Waals surface area contributed by atoms with Crippen LogP contribution in [0.25, 0.3) is 0 Å². The van der Waals surface area contributed by atoms with Gasteiger partial charge >= 0.3 is 0 Å². The molecule has 0 heterocycles. The fourth-order valence-electron chi connectivity index (χ4n) is 1.75. The van der Waals surface area contributed by atoms with Gasteiger partial charge < -0.3 is 10.6 Å². The van der Waals surface area contributed by atoms with E-state index in [0.29, 0.717) is 5.02 Å². The monoisotopic (exact) mass is 307 g/mol. The van der Waals surface area contributed by atoms with Crippen LogP contribution in [0.3, 0.4) is 0 Å². The second-order valence-corrected chi connectivity index (χ2v) is 6.11. The Morgan fingerprint density at radius 1 is 1.33 bits per heavy atom. The summed E-state index contributed by atoms with van der Waals surface area (Å²) in [5, 5.41) is 15.8. The molecule has 5 heteroatoms. The Morgan fingerprint density at radius 2 is 1.90 bits per heavy atom. The van der Waals surface area contributed by atoms with Crippen LogP contribution < -0.4 is 10.6 Å². The van der Waals surface area contributed by atoms with Crippen molar-refractivity contribution in [3.8, 4) is 6.07 Å². The largest absolute Gasteiger partial charge is 0.337 e. The molecule has 114 valence electrons. The molecule has 0 aliphatic carbocycles. The smallest absolute Gasteiger partial charge is 0.235 e. The molecule has 0 aromatic heterocycles. The Bertz CT molecular complexity index is 521. The van der Waals surface area contributed by atoms with Gasteiger partial charge in [-0.1, -0.05) is 37.6 Å². The van der Waals surface area contributed by atoms with E-state index in [4.69, 9.17) is 11.6 Å². The van der Waals surface area contributed by atoms with Crippen LogP contribution in [0.1, 0.15) is 39.3 Å². The van der Waals surface area contributed by atoms with Gasteiger partial charge in [-0.2, -0.15) is 5.26 Å². The molecule has 4 nitrogen and oxygen atoms in total. The number of benzene rings is 1. The van der Waals surface area contributed by atoms with E-state index >= 15 is 0 Å². The number of hydrogen-bond donors (Lipinski definition) is 2. The molecule has 21 heavy (non-hydrogen) atoms. The average Bonchev–Trinajstić information content (AvgIpc) is 2.45. The number of carbonyl (C=O) groups excluding carboxylic acids is 1. The molecular weight excluding hydrogens is 286 g/mol.